The number of hydrogen-bond donors (Lipinski definition) is 1. The predicted octanol–water partition coefficient (Wildman–Crippen LogP) is 4.77. The fourth-order valence-electron chi connectivity index (χ4n) is 2.79. The lowest BCUT2D eigenvalue weighted by Gasteiger charge is -2.21. The van der Waals surface area contributed by atoms with Gasteiger partial charge in [0.05, 0.1) is 18.2 Å². The summed E-state index contributed by atoms with van der Waals surface area (Å²) >= 11 is 0. The largest absolute Gasteiger partial charge is 0.505 e. The maximum atomic E-state index is 12.3. The molecule has 0 aliphatic heterocycles. The highest BCUT2D eigenvalue weighted by Gasteiger charge is 2.15. The van der Waals surface area contributed by atoms with Gasteiger partial charge in [-0.2, -0.15) is 5.11 Å². The van der Waals surface area contributed by atoms with Gasteiger partial charge in [0.15, 0.2) is 5.75 Å². The van der Waals surface area contributed by atoms with Crippen LogP contribution in [0.25, 0.3) is 11.0 Å². The molecule has 0 aliphatic rings. The molecule has 0 amide bonds. The molecule has 0 unspecified atom stereocenters. The average Bonchev–Trinajstić information content (AvgIpc) is 2.69. The third-order valence-corrected chi connectivity index (χ3v) is 4.31. The number of ether oxygens (including phenoxy) is 1. The Morgan fingerprint density at radius 3 is 2.41 bits per heavy atom. The topological polar surface area (TPSA) is 87.6 Å². The number of aromatic hydroxyl groups is 1. The molecule has 1 N–H and O–H groups in total. The van der Waals surface area contributed by atoms with Gasteiger partial charge in [-0.3, -0.25) is 0 Å². The molecule has 1 aromatic heterocycles. The Bertz CT molecular complexity index is 1020. The standard InChI is InChI=1S/C20H21N3O4/c1-4-23(5-2)14-8-11-16-17(12-14)27-20(25)18(19(16)24)22-21-13-6-9-15(26-3)10-7-13/h6-12,24H,4-5H2,1-3H3. The highest BCUT2D eigenvalue weighted by molar-refractivity contribution is 5.89. The van der Waals surface area contributed by atoms with Crippen molar-refractivity contribution in [3.05, 3.63) is 52.9 Å². The Morgan fingerprint density at radius 2 is 1.78 bits per heavy atom. The smallest absolute Gasteiger partial charge is 0.368 e. The number of azo groups is 1. The van der Waals surface area contributed by atoms with E-state index in [1.165, 1.54) is 0 Å². The number of rotatable bonds is 6. The van der Waals surface area contributed by atoms with E-state index < -0.39 is 5.63 Å². The Kier molecular flexibility index (Phi) is 5.40. The van der Waals surface area contributed by atoms with Crippen LogP contribution in [0.15, 0.2) is 61.9 Å². The average molecular weight is 367 g/mol. The van der Waals surface area contributed by atoms with Crippen LogP contribution in [-0.4, -0.2) is 25.3 Å². The van der Waals surface area contributed by atoms with Gasteiger partial charge in [-0.25, -0.2) is 4.79 Å². The van der Waals surface area contributed by atoms with Crippen LogP contribution in [0.1, 0.15) is 13.8 Å². The Balaban J connectivity index is 2.00. The molecule has 0 fully saturated rings. The first-order valence-electron chi connectivity index (χ1n) is 8.68. The van der Waals surface area contributed by atoms with E-state index in [2.05, 4.69) is 15.1 Å². The molecule has 0 atom stereocenters. The van der Waals surface area contributed by atoms with E-state index >= 15 is 0 Å². The molecule has 3 rings (SSSR count). The normalized spacial score (nSPS) is 11.2. The first-order valence-corrected chi connectivity index (χ1v) is 8.68. The quantitative estimate of drug-likeness (QED) is 0.501. The maximum absolute atomic E-state index is 12.3. The van der Waals surface area contributed by atoms with Crippen LogP contribution in [0, 0.1) is 0 Å². The van der Waals surface area contributed by atoms with Crippen LogP contribution in [0.2, 0.25) is 0 Å². The molecule has 0 radical (unpaired) electrons. The minimum Gasteiger partial charge on any atom is -0.505 e. The first kappa shape index (κ1) is 18.4. The molecule has 0 spiro atoms. The number of nitrogens with zero attached hydrogens (tertiary/aromatic N) is 3. The summed E-state index contributed by atoms with van der Waals surface area (Å²) in [6.07, 6.45) is 0. The molecule has 27 heavy (non-hydrogen) atoms. The lowest BCUT2D eigenvalue weighted by Crippen LogP contribution is -2.21. The second-order valence-corrected chi connectivity index (χ2v) is 5.84. The zero-order valence-corrected chi connectivity index (χ0v) is 15.5. The molecule has 0 bridgehead atoms. The molecule has 0 saturated carbocycles. The number of methoxy groups -OCH3 is 1. The summed E-state index contributed by atoms with van der Waals surface area (Å²) in [4.78, 5) is 14.4. The minimum absolute atomic E-state index is 0.228. The fraction of sp³-hybridized carbons (Fsp3) is 0.250. The van der Waals surface area contributed by atoms with Crippen molar-refractivity contribution in [3.8, 4) is 11.5 Å². The summed E-state index contributed by atoms with van der Waals surface area (Å²) in [5.74, 6) is 0.440. The third kappa shape index (κ3) is 3.76. The molecule has 7 heteroatoms. The Morgan fingerprint density at radius 1 is 1.07 bits per heavy atom. The summed E-state index contributed by atoms with van der Waals surface area (Å²) in [7, 11) is 1.57. The van der Waals surface area contributed by atoms with Gasteiger partial charge in [0.1, 0.15) is 11.3 Å². The molecule has 0 aliphatic carbocycles. The number of benzene rings is 2. The van der Waals surface area contributed by atoms with Crippen molar-refractivity contribution in [3.63, 3.8) is 0 Å². The second-order valence-electron chi connectivity index (χ2n) is 5.84. The molecule has 2 aromatic carbocycles. The highest BCUT2D eigenvalue weighted by atomic mass is 16.5. The summed E-state index contributed by atoms with van der Waals surface area (Å²) < 4.78 is 10.4. The van der Waals surface area contributed by atoms with Crippen molar-refractivity contribution in [2.45, 2.75) is 13.8 Å². The van der Waals surface area contributed by atoms with Crippen LogP contribution >= 0.6 is 0 Å². The van der Waals surface area contributed by atoms with Gasteiger partial charge >= 0.3 is 5.63 Å². The number of hydrogen-bond acceptors (Lipinski definition) is 7. The second kappa shape index (κ2) is 7.90. The van der Waals surface area contributed by atoms with Crippen molar-refractivity contribution >= 4 is 28.0 Å². The van der Waals surface area contributed by atoms with Gasteiger partial charge in [-0.05, 0) is 50.2 Å². The van der Waals surface area contributed by atoms with E-state index in [1.54, 1.807) is 43.5 Å². The van der Waals surface area contributed by atoms with Crippen molar-refractivity contribution in [2.24, 2.45) is 10.2 Å². The van der Waals surface area contributed by atoms with Crippen molar-refractivity contribution in [1.29, 1.82) is 0 Å². The lowest BCUT2D eigenvalue weighted by molar-refractivity contribution is 0.415. The molecule has 1 heterocycles. The fourth-order valence-corrected chi connectivity index (χ4v) is 2.79. The van der Waals surface area contributed by atoms with Crippen LogP contribution in [0.3, 0.4) is 0 Å². The molecular formula is C20H21N3O4. The predicted molar refractivity (Wildman–Crippen MR) is 105 cm³/mol. The summed E-state index contributed by atoms with van der Waals surface area (Å²) in [5.41, 5.74) is 0.780. The van der Waals surface area contributed by atoms with Gasteiger partial charge in [-0.1, -0.05) is 0 Å². The number of anilines is 1. The van der Waals surface area contributed by atoms with Gasteiger partial charge in [-0.15, -0.1) is 5.11 Å². The van der Waals surface area contributed by atoms with E-state index in [-0.39, 0.29) is 11.4 Å². The van der Waals surface area contributed by atoms with Gasteiger partial charge in [0.2, 0.25) is 5.69 Å². The highest BCUT2D eigenvalue weighted by Crippen LogP contribution is 2.34. The Hall–Kier alpha value is -3.35. The van der Waals surface area contributed by atoms with Crippen LogP contribution in [0.4, 0.5) is 17.1 Å². The van der Waals surface area contributed by atoms with Crippen molar-refractivity contribution in [2.75, 3.05) is 25.1 Å². The van der Waals surface area contributed by atoms with Crippen molar-refractivity contribution in [1.82, 2.24) is 0 Å². The van der Waals surface area contributed by atoms with Crippen LogP contribution in [0.5, 0.6) is 11.5 Å². The summed E-state index contributed by atoms with van der Waals surface area (Å²) in [5, 5.41) is 18.8. The summed E-state index contributed by atoms with van der Waals surface area (Å²) in [6.45, 7) is 5.74. The lowest BCUT2D eigenvalue weighted by atomic mass is 10.1. The van der Waals surface area contributed by atoms with Gasteiger partial charge in [0, 0.05) is 24.8 Å². The van der Waals surface area contributed by atoms with E-state index in [1.807, 2.05) is 19.9 Å². The Labute approximate surface area is 156 Å². The van der Waals surface area contributed by atoms with Crippen LogP contribution in [-0.2, 0) is 0 Å². The van der Waals surface area contributed by atoms with Gasteiger partial charge < -0.3 is 19.2 Å². The summed E-state index contributed by atoms with van der Waals surface area (Å²) in [6, 6.07) is 12.2. The monoisotopic (exact) mass is 367 g/mol. The van der Waals surface area contributed by atoms with Crippen molar-refractivity contribution < 1.29 is 14.3 Å². The molecule has 140 valence electrons. The zero-order valence-electron chi connectivity index (χ0n) is 15.5. The third-order valence-electron chi connectivity index (χ3n) is 4.31. The zero-order chi connectivity index (χ0) is 19.4. The number of fused-ring (bicyclic) bond motifs is 1. The molecule has 7 nitrogen and oxygen atoms in total. The van der Waals surface area contributed by atoms with E-state index in [4.69, 9.17) is 9.15 Å². The van der Waals surface area contributed by atoms with E-state index in [0.717, 1.165) is 18.8 Å². The SMILES string of the molecule is CCN(CC)c1ccc2c(O)c(N=Nc3ccc(OC)cc3)c(=O)oc2c1. The van der Waals surface area contributed by atoms with E-state index in [9.17, 15) is 9.90 Å². The molecular weight excluding hydrogens is 346 g/mol. The van der Waals surface area contributed by atoms with E-state index in [0.29, 0.717) is 22.4 Å². The minimum atomic E-state index is -0.742. The molecule has 3 aromatic rings. The maximum Gasteiger partial charge on any atom is 0.368 e. The molecule has 0 saturated heterocycles. The van der Waals surface area contributed by atoms with Crippen LogP contribution < -0.4 is 15.3 Å². The van der Waals surface area contributed by atoms with Gasteiger partial charge in [0.25, 0.3) is 0 Å². The first-order chi connectivity index (χ1) is 13.1.